The smallest absolute Gasteiger partial charge is 0.441 e. The van der Waals surface area contributed by atoms with Crippen LogP contribution in [-0.2, 0) is 0 Å². The quantitative estimate of drug-likeness (QED) is 0.720. The van der Waals surface area contributed by atoms with Gasteiger partial charge in [0, 0.05) is 23.9 Å². The van der Waals surface area contributed by atoms with Crippen LogP contribution in [0.2, 0.25) is 5.02 Å². The Hall–Kier alpha value is -0.630. The standard InChI is InChI=1S/C12H15ClF3NO2S/c13-9-2-1-3-11(6-9)19-8-10(18)7-17-4-5-20-12(14,15)16/h1-3,6,10,17-18H,4-5,7-8H2. The van der Waals surface area contributed by atoms with Gasteiger partial charge in [0.25, 0.3) is 0 Å². The molecule has 8 heteroatoms. The number of nitrogens with one attached hydrogen (secondary N) is 1. The van der Waals surface area contributed by atoms with Gasteiger partial charge in [-0.05, 0) is 30.0 Å². The van der Waals surface area contributed by atoms with Gasteiger partial charge in [0.1, 0.15) is 18.5 Å². The number of ether oxygens (including phenoxy) is 1. The van der Waals surface area contributed by atoms with Crippen molar-refractivity contribution in [3.63, 3.8) is 0 Å². The summed E-state index contributed by atoms with van der Waals surface area (Å²) in [7, 11) is 0. The summed E-state index contributed by atoms with van der Waals surface area (Å²) in [6.45, 7) is 0.372. The van der Waals surface area contributed by atoms with Gasteiger partial charge in [0.05, 0.1) is 0 Å². The number of aliphatic hydroxyl groups excluding tert-OH is 1. The molecule has 114 valence electrons. The summed E-state index contributed by atoms with van der Waals surface area (Å²) in [5, 5.41) is 12.8. The van der Waals surface area contributed by atoms with Crippen LogP contribution in [0, 0.1) is 0 Å². The lowest BCUT2D eigenvalue weighted by Crippen LogP contribution is -2.32. The molecule has 20 heavy (non-hydrogen) atoms. The van der Waals surface area contributed by atoms with E-state index in [9.17, 15) is 18.3 Å². The molecule has 0 aliphatic rings. The molecule has 3 nitrogen and oxygen atoms in total. The second-order valence-corrected chi connectivity index (χ2v) is 5.52. The Bertz CT molecular complexity index is 407. The molecule has 2 N–H and O–H groups in total. The molecule has 0 heterocycles. The Labute approximate surface area is 124 Å². The van der Waals surface area contributed by atoms with Crippen LogP contribution >= 0.6 is 23.4 Å². The zero-order chi connectivity index (χ0) is 15.0. The first-order valence-electron chi connectivity index (χ1n) is 5.84. The SMILES string of the molecule is OC(CNCCSC(F)(F)F)COc1cccc(Cl)c1. The molecule has 0 radical (unpaired) electrons. The number of hydrogen-bond acceptors (Lipinski definition) is 4. The van der Waals surface area contributed by atoms with E-state index in [0.717, 1.165) is 0 Å². The van der Waals surface area contributed by atoms with Crippen molar-refractivity contribution >= 4 is 23.4 Å². The van der Waals surface area contributed by atoms with E-state index in [-0.39, 0.29) is 37.2 Å². The fourth-order valence-corrected chi connectivity index (χ4v) is 1.97. The summed E-state index contributed by atoms with van der Waals surface area (Å²) in [4.78, 5) is 0. The fraction of sp³-hybridized carbons (Fsp3) is 0.500. The third kappa shape index (κ3) is 8.52. The monoisotopic (exact) mass is 329 g/mol. The molecule has 0 bridgehead atoms. The number of halogens is 4. The van der Waals surface area contributed by atoms with E-state index in [2.05, 4.69) is 5.32 Å². The molecule has 0 saturated heterocycles. The zero-order valence-corrected chi connectivity index (χ0v) is 12.1. The topological polar surface area (TPSA) is 41.5 Å². The van der Waals surface area contributed by atoms with Gasteiger partial charge in [-0.15, -0.1) is 0 Å². The minimum atomic E-state index is -4.21. The normalized spacial score (nSPS) is 13.2. The highest BCUT2D eigenvalue weighted by Crippen LogP contribution is 2.29. The second-order valence-electron chi connectivity index (χ2n) is 3.92. The molecule has 1 atom stereocenters. The van der Waals surface area contributed by atoms with Crippen molar-refractivity contribution in [2.45, 2.75) is 11.6 Å². The average molecular weight is 330 g/mol. The van der Waals surface area contributed by atoms with Gasteiger partial charge < -0.3 is 15.2 Å². The number of hydrogen-bond donors (Lipinski definition) is 2. The highest BCUT2D eigenvalue weighted by molar-refractivity contribution is 8.00. The molecule has 1 aromatic rings. The summed E-state index contributed by atoms with van der Waals surface area (Å²) in [6.07, 6.45) is -0.801. The van der Waals surface area contributed by atoms with E-state index < -0.39 is 11.6 Å². The van der Waals surface area contributed by atoms with Crippen molar-refractivity contribution in [3.8, 4) is 5.75 Å². The van der Waals surface area contributed by atoms with E-state index in [1.54, 1.807) is 24.3 Å². The molecule has 1 rings (SSSR count). The van der Waals surface area contributed by atoms with Crippen LogP contribution in [0.25, 0.3) is 0 Å². The van der Waals surface area contributed by atoms with Gasteiger partial charge in [-0.25, -0.2) is 0 Å². The lowest BCUT2D eigenvalue weighted by Gasteiger charge is -2.13. The van der Waals surface area contributed by atoms with Crippen LogP contribution < -0.4 is 10.1 Å². The van der Waals surface area contributed by atoms with Gasteiger partial charge >= 0.3 is 5.51 Å². The Morgan fingerprint density at radius 3 is 2.80 bits per heavy atom. The molecule has 0 fully saturated rings. The highest BCUT2D eigenvalue weighted by Gasteiger charge is 2.27. The molecule has 0 saturated carbocycles. The third-order valence-corrected chi connectivity index (χ3v) is 3.13. The molecule has 0 aromatic heterocycles. The maximum absolute atomic E-state index is 11.8. The first-order chi connectivity index (χ1) is 9.37. The second kappa shape index (κ2) is 8.61. The van der Waals surface area contributed by atoms with Crippen LogP contribution in [0.3, 0.4) is 0 Å². The van der Waals surface area contributed by atoms with Crippen molar-refractivity contribution in [2.24, 2.45) is 0 Å². The molecular weight excluding hydrogens is 315 g/mol. The summed E-state index contributed by atoms with van der Waals surface area (Å²) in [5.41, 5.74) is -4.21. The Morgan fingerprint density at radius 1 is 1.40 bits per heavy atom. The minimum absolute atomic E-state index is 0.0414. The molecule has 1 aromatic carbocycles. The van der Waals surface area contributed by atoms with Crippen LogP contribution in [0.4, 0.5) is 13.2 Å². The molecule has 1 unspecified atom stereocenters. The van der Waals surface area contributed by atoms with Crippen molar-refractivity contribution < 1.29 is 23.0 Å². The van der Waals surface area contributed by atoms with Crippen molar-refractivity contribution in [2.75, 3.05) is 25.4 Å². The van der Waals surface area contributed by atoms with E-state index >= 15 is 0 Å². The van der Waals surface area contributed by atoms with Crippen molar-refractivity contribution in [1.82, 2.24) is 5.32 Å². The summed E-state index contributed by atoms with van der Waals surface area (Å²) >= 11 is 5.67. The first kappa shape index (κ1) is 17.4. The summed E-state index contributed by atoms with van der Waals surface area (Å²) in [6, 6.07) is 6.73. The number of aliphatic hydroxyl groups is 1. The van der Waals surface area contributed by atoms with E-state index in [0.29, 0.717) is 10.8 Å². The zero-order valence-electron chi connectivity index (χ0n) is 10.5. The third-order valence-electron chi connectivity index (χ3n) is 2.16. The van der Waals surface area contributed by atoms with Crippen LogP contribution in [0.15, 0.2) is 24.3 Å². The Kier molecular flexibility index (Phi) is 7.50. The van der Waals surface area contributed by atoms with Crippen molar-refractivity contribution in [1.29, 1.82) is 0 Å². The number of rotatable bonds is 8. The van der Waals surface area contributed by atoms with E-state index in [1.807, 2.05) is 0 Å². The molecule has 0 spiro atoms. The maximum Gasteiger partial charge on any atom is 0.441 e. The highest BCUT2D eigenvalue weighted by atomic mass is 35.5. The van der Waals surface area contributed by atoms with Gasteiger partial charge in [-0.3, -0.25) is 0 Å². The van der Waals surface area contributed by atoms with E-state index in [1.165, 1.54) is 0 Å². The largest absolute Gasteiger partial charge is 0.491 e. The van der Waals surface area contributed by atoms with Gasteiger partial charge in [-0.1, -0.05) is 17.7 Å². The number of benzene rings is 1. The summed E-state index contributed by atoms with van der Waals surface area (Å²) in [5.74, 6) is 0.440. The molecule has 0 amide bonds. The Balaban J connectivity index is 2.10. The number of thioether (sulfide) groups is 1. The lowest BCUT2D eigenvalue weighted by atomic mass is 10.3. The fourth-order valence-electron chi connectivity index (χ4n) is 1.32. The van der Waals surface area contributed by atoms with Crippen LogP contribution in [0.1, 0.15) is 0 Å². The lowest BCUT2D eigenvalue weighted by molar-refractivity contribution is -0.0327. The molecule has 0 aliphatic carbocycles. The molecular formula is C12H15ClF3NO2S. The minimum Gasteiger partial charge on any atom is -0.491 e. The Morgan fingerprint density at radius 2 is 2.15 bits per heavy atom. The molecule has 0 aliphatic heterocycles. The van der Waals surface area contributed by atoms with Crippen molar-refractivity contribution in [3.05, 3.63) is 29.3 Å². The first-order valence-corrected chi connectivity index (χ1v) is 7.21. The van der Waals surface area contributed by atoms with Gasteiger partial charge in [-0.2, -0.15) is 13.2 Å². The van der Waals surface area contributed by atoms with Gasteiger partial charge in [0.2, 0.25) is 0 Å². The van der Waals surface area contributed by atoms with Crippen LogP contribution in [0.5, 0.6) is 5.75 Å². The predicted octanol–water partition coefficient (Wildman–Crippen LogP) is 2.92. The predicted molar refractivity (Wildman–Crippen MR) is 74.3 cm³/mol. The van der Waals surface area contributed by atoms with Crippen LogP contribution in [-0.4, -0.2) is 42.2 Å². The van der Waals surface area contributed by atoms with E-state index in [4.69, 9.17) is 16.3 Å². The summed E-state index contributed by atoms with van der Waals surface area (Å²) < 4.78 is 40.8. The van der Waals surface area contributed by atoms with Gasteiger partial charge in [0.15, 0.2) is 0 Å². The number of alkyl halides is 3. The average Bonchev–Trinajstić information content (AvgIpc) is 2.35. The maximum atomic E-state index is 11.8.